The number of benzene rings is 4. The van der Waals surface area contributed by atoms with Crippen molar-refractivity contribution in [3.63, 3.8) is 0 Å². The van der Waals surface area contributed by atoms with Crippen LogP contribution in [-0.4, -0.2) is 161 Å². The summed E-state index contributed by atoms with van der Waals surface area (Å²) in [7, 11) is -14.4. The first-order valence-electron chi connectivity index (χ1n) is 34.4. The highest BCUT2D eigenvalue weighted by atomic mass is 32.2. The highest BCUT2D eigenvalue weighted by Gasteiger charge is 2.40. The molecule has 0 radical (unpaired) electrons. The molecule has 8 heterocycles. The van der Waals surface area contributed by atoms with Crippen molar-refractivity contribution in [3.8, 4) is 45.8 Å². The van der Waals surface area contributed by atoms with Gasteiger partial charge in [-0.3, -0.25) is 0 Å². The Morgan fingerprint density at radius 1 is 0.402 bits per heavy atom. The van der Waals surface area contributed by atoms with Crippen molar-refractivity contribution in [2.45, 2.75) is 209 Å². The Bertz CT molecular complexity index is 4550. The standard InChI is InChI=1S/C19H25F2N3O3S.C18H25N3O3S.C17H23N3O3S2.C17H23N3O3S/c1-12(2)15-6-5-14(18-22-17(13(3)4)23-27-18)11-16(15)28(25,26)24-9-7-19(20,21)8-10-24;1-13-8-9-14(16-19-17(20-24-16)18(2,3)4)12-15(13)25(22,23)21-10-6-5-7-11-21;1-12-5-6-13(15-18-16(19-23-15)17(2,3)4)11-14(12)25(21,22)20-7-9-24-10-8-20;1-12-7-8-13(15-18-16(19-23-15)17(2,3)4)11-14(12)24(21,22)20-9-5-6-10-20/h5-6,11-13H,7-10H2,1-4H3;8-9,12H,5-7,10-11H2,1-4H3;5-6,11H,7-10H2,1-4H3;7-8,11H,5-6,9-10H2,1-4H3. The molecule has 0 saturated carbocycles. The van der Waals surface area contributed by atoms with E-state index in [1.165, 1.54) is 6.07 Å². The predicted octanol–water partition coefficient (Wildman–Crippen LogP) is 14.1. The van der Waals surface area contributed by atoms with Crippen molar-refractivity contribution in [2.75, 3.05) is 63.9 Å². The number of nitrogens with zero attached hydrogens (tertiary/aromatic N) is 12. The molecule has 556 valence electrons. The Balaban J connectivity index is 0.000000158. The quantitative estimate of drug-likeness (QED) is 0.0976. The fourth-order valence-corrected chi connectivity index (χ4v) is 19.5. The summed E-state index contributed by atoms with van der Waals surface area (Å²) >= 11 is 1.78. The number of piperidine rings is 2. The average molecular weight is 1510 g/mol. The lowest BCUT2D eigenvalue weighted by molar-refractivity contribution is -0.0412. The summed E-state index contributed by atoms with van der Waals surface area (Å²) in [5, 5.41) is 16.0. The van der Waals surface area contributed by atoms with Gasteiger partial charge in [-0.05, 0) is 123 Å². The summed E-state index contributed by atoms with van der Waals surface area (Å²) in [6, 6.07) is 20.8. The zero-order valence-corrected chi connectivity index (χ0v) is 65.2. The third-order valence-corrected chi connectivity index (χ3v) is 26.7. The Kier molecular flexibility index (Phi) is 24.6. The number of halogens is 2. The number of alkyl halides is 2. The maximum Gasteiger partial charge on any atom is 0.257 e. The van der Waals surface area contributed by atoms with Crippen LogP contribution in [0.5, 0.6) is 0 Å². The second kappa shape index (κ2) is 31.5. The maximum absolute atomic E-state index is 13.5. The molecule has 0 aliphatic carbocycles. The summed E-state index contributed by atoms with van der Waals surface area (Å²) in [5.41, 5.74) is 4.49. The van der Waals surface area contributed by atoms with Gasteiger partial charge in [0.2, 0.25) is 40.1 Å². The van der Waals surface area contributed by atoms with Crippen molar-refractivity contribution < 1.29 is 60.5 Å². The van der Waals surface area contributed by atoms with Gasteiger partial charge in [-0.2, -0.15) is 48.9 Å². The van der Waals surface area contributed by atoms with Crippen molar-refractivity contribution in [1.82, 2.24) is 57.8 Å². The average Bonchev–Trinajstić information content (AvgIpc) is 1.02. The third kappa shape index (κ3) is 18.7. The minimum absolute atomic E-state index is 0.0565. The Labute approximate surface area is 603 Å². The number of hydrogen-bond acceptors (Lipinski definition) is 21. The van der Waals surface area contributed by atoms with E-state index in [0.29, 0.717) is 123 Å². The van der Waals surface area contributed by atoms with E-state index < -0.39 is 58.9 Å². The van der Waals surface area contributed by atoms with Gasteiger partial charge in [-0.1, -0.05) is 141 Å². The number of aryl methyl sites for hydroxylation is 3. The molecule has 31 heteroatoms. The van der Waals surface area contributed by atoms with E-state index in [1.54, 1.807) is 80.1 Å². The second-order valence-electron chi connectivity index (χ2n) is 29.8. The van der Waals surface area contributed by atoms with E-state index >= 15 is 0 Å². The lowest BCUT2D eigenvalue weighted by Gasteiger charge is -2.31. The van der Waals surface area contributed by atoms with Crippen LogP contribution in [-0.2, 0) is 56.3 Å². The molecule has 24 nitrogen and oxygen atoms in total. The minimum atomic E-state index is -3.92. The number of hydrogen-bond donors (Lipinski definition) is 0. The Morgan fingerprint density at radius 2 is 0.706 bits per heavy atom. The Hall–Kier alpha value is -6.71. The molecule has 4 aromatic heterocycles. The van der Waals surface area contributed by atoms with Crippen LogP contribution < -0.4 is 0 Å². The van der Waals surface area contributed by atoms with Gasteiger partial charge in [0, 0.05) is 121 Å². The van der Waals surface area contributed by atoms with E-state index in [1.807, 2.05) is 122 Å². The SMILES string of the molecule is CC(C)c1noc(-c2ccc(C(C)C)c(S(=O)(=O)N3CCC(F)(F)CC3)c2)n1.Cc1ccc(-c2nc(C(C)(C)C)no2)cc1S(=O)(=O)N1CCCC1.Cc1ccc(-c2nc(C(C)(C)C)no2)cc1S(=O)(=O)N1CCCCC1.Cc1ccc(-c2nc(C(C)(C)C)no2)cc1S(=O)(=O)N1CCSCC1. The number of sulfonamides is 4. The van der Waals surface area contributed by atoms with E-state index in [0.717, 1.165) is 64.6 Å². The first-order valence-corrected chi connectivity index (χ1v) is 41.3. The molecule has 8 aromatic rings. The van der Waals surface area contributed by atoms with Crippen LogP contribution in [0.1, 0.15) is 192 Å². The summed E-state index contributed by atoms with van der Waals surface area (Å²) in [4.78, 5) is 18.7. The molecule has 4 fully saturated rings. The maximum atomic E-state index is 13.5. The van der Waals surface area contributed by atoms with E-state index in [-0.39, 0.29) is 52.0 Å². The molecule has 4 saturated heterocycles. The van der Waals surface area contributed by atoms with E-state index in [2.05, 4.69) is 40.6 Å². The van der Waals surface area contributed by atoms with Gasteiger partial charge in [-0.15, -0.1) is 0 Å². The molecule has 0 spiro atoms. The molecular formula is C71H96F2N12O12S5. The first kappa shape index (κ1) is 79.4. The van der Waals surface area contributed by atoms with Crippen LogP contribution >= 0.6 is 11.8 Å². The van der Waals surface area contributed by atoms with Gasteiger partial charge >= 0.3 is 0 Å². The fraction of sp³-hybridized carbons (Fsp3) is 0.549. The van der Waals surface area contributed by atoms with Gasteiger partial charge in [0.15, 0.2) is 23.3 Å². The first-order chi connectivity index (χ1) is 47.6. The number of thioether (sulfide) groups is 1. The predicted molar refractivity (Wildman–Crippen MR) is 387 cm³/mol. The molecule has 0 amide bonds. The lowest BCUT2D eigenvalue weighted by atomic mass is 9.96. The molecule has 0 atom stereocenters. The zero-order valence-electron chi connectivity index (χ0n) is 61.2. The second-order valence-corrected chi connectivity index (χ2v) is 38.7. The zero-order chi connectivity index (χ0) is 74.7. The normalized spacial score (nSPS) is 17.2. The monoisotopic (exact) mass is 1510 g/mol. The molecule has 0 bridgehead atoms. The third-order valence-electron chi connectivity index (χ3n) is 17.7. The van der Waals surface area contributed by atoms with Crippen molar-refractivity contribution in [2.24, 2.45) is 0 Å². The number of aromatic nitrogens is 8. The van der Waals surface area contributed by atoms with Gasteiger partial charge in [0.05, 0.1) is 19.6 Å². The van der Waals surface area contributed by atoms with Crippen LogP contribution in [0.15, 0.2) is 110 Å². The van der Waals surface area contributed by atoms with Gasteiger partial charge in [-0.25, -0.2) is 42.5 Å². The highest BCUT2D eigenvalue weighted by Crippen LogP contribution is 2.38. The summed E-state index contributed by atoms with van der Waals surface area (Å²) in [6.07, 6.45) is 3.80. The summed E-state index contributed by atoms with van der Waals surface area (Å²) in [5.74, 6) is 2.47. The lowest BCUT2D eigenvalue weighted by Crippen LogP contribution is -2.42. The van der Waals surface area contributed by atoms with Crippen molar-refractivity contribution >= 4 is 51.9 Å². The fourth-order valence-electron chi connectivity index (χ4n) is 11.4. The molecule has 4 aliphatic heterocycles. The van der Waals surface area contributed by atoms with Crippen LogP contribution in [0, 0.1) is 20.8 Å². The Morgan fingerprint density at radius 3 is 1.04 bits per heavy atom. The highest BCUT2D eigenvalue weighted by molar-refractivity contribution is 7.99. The van der Waals surface area contributed by atoms with Gasteiger partial charge < -0.3 is 18.1 Å². The van der Waals surface area contributed by atoms with Crippen molar-refractivity contribution in [1.29, 1.82) is 0 Å². The van der Waals surface area contributed by atoms with E-state index in [9.17, 15) is 42.5 Å². The molecule has 102 heavy (non-hydrogen) atoms. The van der Waals surface area contributed by atoms with Crippen molar-refractivity contribution in [3.05, 3.63) is 118 Å². The van der Waals surface area contributed by atoms with Crippen LogP contribution in [0.3, 0.4) is 0 Å². The largest absolute Gasteiger partial charge is 0.334 e. The van der Waals surface area contributed by atoms with Crippen LogP contribution in [0.4, 0.5) is 8.78 Å². The van der Waals surface area contributed by atoms with Gasteiger partial charge in [0.25, 0.3) is 29.5 Å². The molecule has 4 aliphatic rings. The molecule has 0 N–H and O–H groups in total. The summed E-state index contributed by atoms with van der Waals surface area (Å²) < 4.78 is 158. The van der Waals surface area contributed by atoms with Crippen LogP contribution in [0.25, 0.3) is 45.8 Å². The molecule has 0 unspecified atom stereocenters. The smallest absolute Gasteiger partial charge is 0.257 e. The molecule has 12 rings (SSSR count). The summed E-state index contributed by atoms with van der Waals surface area (Å²) in [6.45, 7) is 34.1. The molecular weight excluding hydrogens is 1410 g/mol. The minimum Gasteiger partial charge on any atom is -0.334 e. The van der Waals surface area contributed by atoms with Gasteiger partial charge in [0.1, 0.15) is 0 Å². The number of rotatable bonds is 14. The topological polar surface area (TPSA) is 305 Å². The van der Waals surface area contributed by atoms with E-state index in [4.69, 9.17) is 18.1 Å². The molecule has 4 aromatic carbocycles. The van der Waals surface area contributed by atoms with Crippen LogP contribution in [0.2, 0.25) is 0 Å².